The summed E-state index contributed by atoms with van der Waals surface area (Å²) in [4.78, 5) is 24.2. The molecule has 25 heavy (non-hydrogen) atoms. The molecule has 0 radical (unpaired) electrons. The van der Waals surface area contributed by atoms with Crippen molar-refractivity contribution < 1.29 is 13.9 Å². The molecule has 3 aromatic rings. The van der Waals surface area contributed by atoms with E-state index in [-0.39, 0.29) is 5.56 Å². The van der Waals surface area contributed by atoms with E-state index in [1.165, 1.54) is 6.08 Å². The molecule has 0 saturated carbocycles. The Labute approximate surface area is 144 Å². The lowest BCUT2D eigenvalue weighted by Gasteiger charge is -2.02. The number of methoxy groups -OCH3 is 1. The van der Waals surface area contributed by atoms with Crippen LogP contribution in [-0.4, -0.2) is 12.9 Å². The molecule has 124 valence electrons. The minimum atomic E-state index is -0.637. The van der Waals surface area contributed by atoms with Crippen molar-refractivity contribution in [2.24, 2.45) is 0 Å². The molecule has 4 heteroatoms. The number of ketones is 1. The summed E-state index contributed by atoms with van der Waals surface area (Å²) in [5.74, 6) is 0.345. The van der Waals surface area contributed by atoms with E-state index in [0.29, 0.717) is 11.0 Å². The second kappa shape index (κ2) is 7.45. The fraction of sp³-hybridized carbons (Fsp3) is 0.0476. The molecule has 2 aromatic carbocycles. The summed E-state index contributed by atoms with van der Waals surface area (Å²) in [5, 5.41) is 0.711. The first-order valence-corrected chi connectivity index (χ1v) is 7.74. The molecule has 0 bridgehead atoms. The first kappa shape index (κ1) is 16.5. The second-order valence-electron chi connectivity index (χ2n) is 5.31. The Morgan fingerprint density at radius 3 is 2.64 bits per heavy atom. The number of fused-ring (bicyclic) bond motifs is 1. The van der Waals surface area contributed by atoms with Crippen LogP contribution in [0.25, 0.3) is 17.0 Å². The van der Waals surface area contributed by atoms with Gasteiger partial charge in [-0.2, -0.15) is 0 Å². The maximum Gasteiger partial charge on any atom is 0.347 e. The van der Waals surface area contributed by atoms with Crippen molar-refractivity contribution in [2.45, 2.75) is 0 Å². The lowest BCUT2D eigenvalue weighted by molar-refractivity contribution is 0.104. The van der Waals surface area contributed by atoms with Gasteiger partial charge in [0, 0.05) is 10.9 Å². The minimum absolute atomic E-state index is 0.0145. The van der Waals surface area contributed by atoms with Gasteiger partial charge in [-0.25, -0.2) is 4.79 Å². The Balaban J connectivity index is 1.80. The van der Waals surface area contributed by atoms with Gasteiger partial charge in [0.1, 0.15) is 16.9 Å². The van der Waals surface area contributed by atoms with Crippen LogP contribution in [0.1, 0.15) is 15.9 Å². The van der Waals surface area contributed by atoms with Crippen LogP contribution in [-0.2, 0) is 0 Å². The van der Waals surface area contributed by atoms with Crippen LogP contribution in [0.5, 0.6) is 5.75 Å². The number of hydrogen-bond donors (Lipinski definition) is 0. The van der Waals surface area contributed by atoms with E-state index < -0.39 is 11.4 Å². The number of carbonyl (C=O) groups is 1. The SMILES string of the molecule is COc1ccccc1/C=C/C=C/C(=O)c1cc2ccccc2oc1=O. The average molecular weight is 332 g/mol. The normalized spacial score (nSPS) is 11.4. The number of para-hydroxylation sites is 2. The molecular weight excluding hydrogens is 316 g/mol. The Hall–Kier alpha value is -3.40. The molecular formula is C21H16O4. The molecule has 0 atom stereocenters. The van der Waals surface area contributed by atoms with Gasteiger partial charge in [-0.15, -0.1) is 0 Å². The van der Waals surface area contributed by atoms with Crippen molar-refractivity contribution in [1.29, 1.82) is 0 Å². The summed E-state index contributed by atoms with van der Waals surface area (Å²) in [7, 11) is 1.60. The van der Waals surface area contributed by atoms with Crippen LogP contribution in [0, 0.1) is 0 Å². The Kier molecular flexibility index (Phi) is 4.90. The van der Waals surface area contributed by atoms with Crippen molar-refractivity contribution in [3.63, 3.8) is 0 Å². The third-order valence-electron chi connectivity index (χ3n) is 3.68. The summed E-state index contributed by atoms with van der Waals surface area (Å²) >= 11 is 0. The largest absolute Gasteiger partial charge is 0.496 e. The standard InChI is InChI=1S/C21H16O4/c1-24-19-12-6-3-9-15(19)8-2-5-11-18(22)17-14-16-10-4-7-13-20(16)25-21(17)23/h2-14H,1H3/b8-2+,11-5+. The Morgan fingerprint density at radius 2 is 1.80 bits per heavy atom. The molecule has 0 amide bonds. The highest BCUT2D eigenvalue weighted by atomic mass is 16.5. The highest BCUT2D eigenvalue weighted by Gasteiger charge is 2.10. The monoisotopic (exact) mass is 332 g/mol. The van der Waals surface area contributed by atoms with E-state index in [0.717, 1.165) is 11.3 Å². The van der Waals surface area contributed by atoms with E-state index in [9.17, 15) is 9.59 Å². The summed E-state index contributed by atoms with van der Waals surface area (Å²) in [6.07, 6.45) is 6.47. The molecule has 0 fully saturated rings. The molecule has 0 saturated heterocycles. The molecule has 0 N–H and O–H groups in total. The van der Waals surface area contributed by atoms with Crippen molar-refractivity contribution in [2.75, 3.05) is 7.11 Å². The average Bonchev–Trinajstić information content (AvgIpc) is 2.64. The lowest BCUT2D eigenvalue weighted by atomic mass is 10.1. The fourth-order valence-corrected chi connectivity index (χ4v) is 2.43. The number of hydrogen-bond acceptors (Lipinski definition) is 4. The molecule has 0 aliphatic carbocycles. The van der Waals surface area contributed by atoms with Crippen LogP contribution in [0.4, 0.5) is 0 Å². The Morgan fingerprint density at radius 1 is 1.04 bits per heavy atom. The van der Waals surface area contributed by atoms with Crippen molar-refractivity contribution >= 4 is 22.8 Å². The van der Waals surface area contributed by atoms with Crippen molar-refractivity contribution in [3.8, 4) is 5.75 Å². The van der Waals surface area contributed by atoms with E-state index in [1.54, 1.807) is 43.5 Å². The molecule has 1 heterocycles. The summed E-state index contributed by atoms with van der Waals surface area (Å²) in [5.41, 5.74) is 0.735. The second-order valence-corrected chi connectivity index (χ2v) is 5.31. The lowest BCUT2D eigenvalue weighted by Crippen LogP contribution is -2.11. The maximum absolute atomic E-state index is 12.2. The fourth-order valence-electron chi connectivity index (χ4n) is 2.43. The molecule has 1 aromatic heterocycles. The highest BCUT2D eigenvalue weighted by Crippen LogP contribution is 2.18. The van der Waals surface area contributed by atoms with Gasteiger partial charge in [0.05, 0.1) is 7.11 Å². The minimum Gasteiger partial charge on any atom is -0.496 e. The number of ether oxygens (including phenoxy) is 1. The van der Waals surface area contributed by atoms with Gasteiger partial charge in [-0.3, -0.25) is 4.79 Å². The van der Waals surface area contributed by atoms with Crippen molar-refractivity contribution in [3.05, 3.63) is 94.4 Å². The smallest absolute Gasteiger partial charge is 0.347 e. The van der Waals surface area contributed by atoms with Gasteiger partial charge in [0.15, 0.2) is 5.78 Å². The quantitative estimate of drug-likeness (QED) is 0.303. The van der Waals surface area contributed by atoms with Crippen LogP contribution >= 0.6 is 0 Å². The summed E-state index contributed by atoms with van der Waals surface area (Å²) < 4.78 is 10.4. The Bertz CT molecular complexity index is 1030. The van der Waals surface area contributed by atoms with Crippen molar-refractivity contribution in [1.82, 2.24) is 0 Å². The van der Waals surface area contributed by atoms with Gasteiger partial charge >= 0.3 is 5.63 Å². The van der Waals surface area contributed by atoms with Crippen LogP contribution in [0.3, 0.4) is 0 Å². The van der Waals surface area contributed by atoms with Gasteiger partial charge in [-0.05, 0) is 24.3 Å². The van der Waals surface area contributed by atoms with Crippen LogP contribution in [0.2, 0.25) is 0 Å². The number of rotatable bonds is 5. The van der Waals surface area contributed by atoms with Crippen LogP contribution in [0.15, 0.2) is 82.0 Å². The third-order valence-corrected chi connectivity index (χ3v) is 3.68. The molecule has 3 rings (SSSR count). The molecule has 0 unspecified atom stereocenters. The number of allylic oxidation sites excluding steroid dienone is 3. The first-order chi connectivity index (χ1) is 12.2. The predicted molar refractivity (Wildman–Crippen MR) is 98.0 cm³/mol. The number of benzene rings is 2. The third kappa shape index (κ3) is 3.75. The van der Waals surface area contributed by atoms with Crippen LogP contribution < -0.4 is 10.4 Å². The molecule has 0 aliphatic heterocycles. The van der Waals surface area contributed by atoms with E-state index >= 15 is 0 Å². The predicted octanol–water partition coefficient (Wildman–Crippen LogP) is 4.25. The first-order valence-electron chi connectivity index (χ1n) is 7.74. The molecule has 0 spiro atoms. The van der Waals surface area contributed by atoms with E-state index in [1.807, 2.05) is 36.4 Å². The van der Waals surface area contributed by atoms with E-state index in [4.69, 9.17) is 9.15 Å². The summed E-state index contributed by atoms with van der Waals surface area (Å²) in [6.45, 7) is 0. The molecule has 0 aliphatic rings. The van der Waals surface area contributed by atoms with E-state index in [2.05, 4.69) is 0 Å². The topological polar surface area (TPSA) is 56.5 Å². The number of carbonyl (C=O) groups excluding carboxylic acids is 1. The zero-order valence-electron chi connectivity index (χ0n) is 13.6. The molecule has 4 nitrogen and oxygen atoms in total. The van der Waals surface area contributed by atoms with Gasteiger partial charge in [-0.1, -0.05) is 54.6 Å². The van der Waals surface area contributed by atoms with Gasteiger partial charge < -0.3 is 9.15 Å². The maximum atomic E-state index is 12.2. The zero-order valence-corrected chi connectivity index (χ0v) is 13.6. The van der Waals surface area contributed by atoms with Gasteiger partial charge in [0.2, 0.25) is 0 Å². The van der Waals surface area contributed by atoms with Gasteiger partial charge in [0.25, 0.3) is 0 Å². The zero-order chi connectivity index (χ0) is 17.6. The summed E-state index contributed by atoms with van der Waals surface area (Å²) in [6, 6.07) is 16.2. The highest BCUT2D eigenvalue weighted by molar-refractivity contribution is 6.05.